The molecule has 4 rings (SSSR count). The Morgan fingerprint density at radius 2 is 1.68 bits per heavy atom. The summed E-state index contributed by atoms with van der Waals surface area (Å²) in [5.41, 5.74) is 3.56. The summed E-state index contributed by atoms with van der Waals surface area (Å²) in [7, 11) is 0. The van der Waals surface area contributed by atoms with Crippen molar-refractivity contribution in [3.63, 3.8) is 0 Å². The van der Waals surface area contributed by atoms with E-state index in [-0.39, 0.29) is 5.91 Å². The topological polar surface area (TPSA) is 41.6 Å². The molecule has 0 bridgehead atoms. The Morgan fingerprint density at radius 1 is 0.929 bits per heavy atom. The Labute approximate surface area is 166 Å². The van der Waals surface area contributed by atoms with Crippen molar-refractivity contribution in [1.82, 2.24) is 5.32 Å². The second kappa shape index (κ2) is 8.89. The van der Waals surface area contributed by atoms with Crippen LogP contribution in [-0.4, -0.2) is 32.2 Å². The lowest BCUT2D eigenvalue weighted by Crippen LogP contribution is -2.36. The van der Waals surface area contributed by atoms with Crippen LogP contribution in [0.3, 0.4) is 0 Å². The molecule has 1 aliphatic heterocycles. The number of aryl methyl sites for hydroxylation is 1. The average Bonchev–Trinajstić information content (AvgIpc) is 2.77. The van der Waals surface area contributed by atoms with Gasteiger partial charge >= 0.3 is 0 Å². The smallest absolute Gasteiger partial charge is 0.220 e. The number of nitrogens with one attached hydrogen (secondary N) is 1. The van der Waals surface area contributed by atoms with Crippen molar-refractivity contribution < 1.29 is 9.53 Å². The van der Waals surface area contributed by atoms with Crippen molar-refractivity contribution in [3.8, 4) is 0 Å². The van der Waals surface area contributed by atoms with E-state index < -0.39 is 0 Å². The predicted molar refractivity (Wildman–Crippen MR) is 114 cm³/mol. The third kappa shape index (κ3) is 4.52. The van der Waals surface area contributed by atoms with Gasteiger partial charge in [-0.15, -0.1) is 0 Å². The average molecular weight is 374 g/mol. The molecule has 3 aromatic carbocycles. The first-order valence-corrected chi connectivity index (χ1v) is 9.94. The molecule has 0 spiro atoms. The number of morpholine rings is 1. The molecule has 1 aliphatic rings. The molecule has 28 heavy (non-hydrogen) atoms. The van der Waals surface area contributed by atoms with Gasteiger partial charge in [0.1, 0.15) is 0 Å². The Balaban J connectivity index is 1.28. The summed E-state index contributed by atoms with van der Waals surface area (Å²) >= 11 is 0. The van der Waals surface area contributed by atoms with Gasteiger partial charge in [-0.3, -0.25) is 4.79 Å². The minimum absolute atomic E-state index is 0.0881. The highest BCUT2D eigenvalue weighted by molar-refractivity contribution is 5.86. The largest absolute Gasteiger partial charge is 0.378 e. The summed E-state index contributed by atoms with van der Waals surface area (Å²) in [6.45, 7) is 4.01. The summed E-state index contributed by atoms with van der Waals surface area (Å²) in [4.78, 5) is 14.6. The maximum absolute atomic E-state index is 12.3. The number of hydrogen-bond acceptors (Lipinski definition) is 3. The molecule has 1 amide bonds. The number of carbonyl (C=O) groups is 1. The van der Waals surface area contributed by atoms with Gasteiger partial charge in [-0.1, -0.05) is 54.6 Å². The van der Waals surface area contributed by atoms with Gasteiger partial charge in [0, 0.05) is 31.7 Å². The van der Waals surface area contributed by atoms with E-state index in [2.05, 4.69) is 64.8 Å². The van der Waals surface area contributed by atoms with Gasteiger partial charge in [0.15, 0.2) is 0 Å². The highest BCUT2D eigenvalue weighted by Gasteiger charge is 2.11. The normalized spacial score (nSPS) is 14.2. The monoisotopic (exact) mass is 374 g/mol. The fourth-order valence-electron chi connectivity index (χ4n) is 3.69. The van der Waals surface area contributed by atoms with Crippen molar-refractivity contribution in [2.45, 2.75) is 19.4 Å². The van der Waals surface area contributed by atoms with Crippen LogP contribution in [0.15, 0.2) is 66.7 Å². The second-order valence-corrected chi connectivity index (χ2v) is 7.18. The van der Waals surface area contributed by atoms with E-state index in [9.17, 15) is 4.79 Å². The van der Waals surface area contributed by atoms with Gasteiger partial charge in [0.05, 0.1) is 13.2 Å². The summed E-state index contributed by atoms with van der Waals surface area (Å²) < 4.78 is 5.40. The molecule has 4 nitrogen and oxygen atoms in total. The van der Waals surface area contributed by atoms with Gasteiger partial charge in [0.25, 0.3) is 0 Å². The zero-order valence-electron chi connectivity index (χ0n) is 16.1. The molecule has 1 heterocycles. The van der Waals surface area contributed by atoms with Gasteiger partial charge in [0.2, 0.25) is 5.91 Å². The van der Waals surface area contributed by atoms with Crippen molar-refractivity contribution in [2.24, 2.45) is 0 Å². The van der Waals surface area contributed by atoms with Crippen molar-refractivity contribution in [2.75, 3.05) is 31.2 Å². The standard InChI is InChI=1S/C24H26N2O2/c27-24(13-10-21-6-3-5-20-4-1-2-7-23(20)21)25-18-19-8-11-22(12-9-19)26-14-16-28-17-15-26/h1-9,11-12H,10,13-18H2,(H,25,27). The Kier molecular flexibility index (Phi) is 5.88. The minimum atomic E-state index is 0.0881. The molecular weight excluding hydrogens is 348 g/mol. The van der Waals surface area contributed by atoms with Crippen LogP contribution in [0.4, 0.5) is 5.69 Å². The summed E-state index contributed by atoms with van der Waals surface area (Å²) in [6.07, 6.45) is 1.25. The number of rotatable bonds is 6. The first kappa shape index (κ1) is 18.5. The third-order valence-corrected chi connectivity index (χ3v) is 5.30. The van der Waals surface area contributed by atoms with Crippen LogP contribution in [0, 0.1) is 0 Å². The summed E-state index contributed by atoms with van der Waals surface area (Å²) in [6, 6.07) is 23.1. The van der Waals surface area contributed by atoms with Gasteiger partial charge in [-0.25, -0.2) is 0 Å². The van der Waals surface area contributed by atoms with E-state index in [1.54, 1.807) is 0 Å². The number of ether oxygens (including phenoxy) is 1. The maximum Gasteiger partial charge on any atom is 0.220 e. The van der Waals surface area contributed by atoms with Crippen LogP contribution in [0.25, 0.3) is 10.8 Å². The van der Waals surface area contributed by atoms with Gasteiger partial charge in [-0.05, 0) is 40.5 Å². The maximum atomic E-state index is 12.3. The van der Waals surface area contributed by atoms with E-state index >= 15 is 0 Å². The van der Waals surface area contributed by atoms with Crippen LogP contribution < -0.4 is 10.2 Å². The molecule has 0 aliphatic carbocycles. The fraction of sp³-hybridized carbons (Fsp3) is 0.292. The number of benzene rings is 3. The molecule has 0 saturated carbocycles. The Hall–Kier alpha value is -2.85. The number of amides is 1. The molecule has 1 N–H and O–H groups in total. The lowest BCUT2D eigenvalue weighted by atomic mass is 10.0. The highest BCUT2D eigenvalue weighted by Crippen LogP contribution is 2.20. The Bertz CT molecular complexity index is 925. The molecule has 0 aromatic heterocycles. The van der Waals surface area contributed by atoms with E-state index in [4.69, 9.17) is 4.74 Å². The molecule has 1 saturated heterocycles. The van der Waals surface area contributed by atoms with Crippen molar-refractivity contribution >= 4 is 22.4 Å². The second-order valence-electron chi connectivity index (χ2n) is 7.18. The number of anilines is 1. The lowest BCUT2D eigenvalue weighted by molar-refractivity contribution is -0.121. The highest BCUT2D eigenvalue weighted by atomic mass is 16.5. The quantitative estimate of drug-likeness (QED) is 0.711. The molecule has 3 aromatic rings. The Morgan fingerprint density at radius 3 is 2.50 bits per heavy atom. The first-order chi connectivity index (χ1) is 13.8. The van der Waals surface area contributed by atoms with Gasteiger partial charge in [-0.2, -0.15) is 0 Å². The summed E-state index contributed by atoms with van der Waals surface area (Å²) in [5, 5.41) is 5.50. The minimum Gasteiger partial charge on any atom is -0.378 e. The van der Waals surface area contributed by atoms with E-state index in [1.165, 1.54) is 22.0 Å². The zero-order valence-corrected chi connectivity index (χ0v) is 16.1. The number of fused-ring (bicyclic) bond motifs is 1. The number of hydrogen-bond donors (Lipinski definition) is 1. The van der Waals surface area contributed by atoms with E-state index in [0.29, 0.717) is 13.0 Å². The molecule has 144 valence electrons. The van der Waals surface area contributed by atoms with E-state index in [1.807, 2.05) is 12.1 Å². The fourth-order valence-corrected chi connectivity index (χ4v) is 3.69. The van der Waals surface area contributed by atoms with Crippen LogP contribution in [0.1, 0.15) is 17.5 Å². The lowest BCUT2D eigenvalue weighted by Gasteiger charge is -2.28. The van der Waals surface area contributed by atoms with Crippen LogP contribution in [-0.2, 0) is 22.5 Å². The van der Waals surface area contributed by atoms with Crippen molar-refractivity contribution in [3.05, 3.63) is 77.9 Å². The SMILES string of the molecule is O=C(CCc1cccc2ccccc12)NCc1ccc(N2CCOCC2)cc1. The summed E-state index contributed by atoms with van der Waals surface area (Å²) in [5.74, 6) is 0.0881. The third-order valence-electron chi connectivity index (χ3n) is 5.30. The van der Waals surface area contributed by atoms with Crippen LogP contribution >= 0.6 is 0 Å². The zero-order chi connectivity index (χ0) is 19.2. The van der Waals surface area contributed by atoms with Crippen LogP contribution in [0.5, 0.6) is 0 Å². The van der Waals surface area contributed by atoms with E-state index in [0.717, 1.165) is 38.3 Å². The number of carbonyl (C=O) groups excluding carboxylic acids is 1. The molecule has 1 fully saturated rings. The van der Waals surface area contributed by atoms with Crippen LogP contribution in [0.2, 0.25) is 0 Å². The van der Waals surface area contributed by atoms with Crippen molar-refractivity contribution in [1.29, 1.82) is 0 Å². The van der Waals surface area contributed by atoms with Gasteiger partial charge < -0.3 is 15.0 Å². The molecule has 0 unspecified atom stereocenters. The molecular formula is C24H26N2O2. The predicted octanol–water partition coefficient (Wildman–Crippen LogP) is 3.93. The molecule has 0 atom stereocenters. The molecule has 4 heteroatoms. The number of nitrogens with zero attached hydrogens (tertiary/aromatic N) is 1. The molecule has 0 radical (unpaired) electrons. The first-order valence-electron chi connectivity index (χ1n) is 9.94.